The van der Waals surface area contributed by atoms with E-state index in [1.54, 1.807) is 7.11 Å². The fraction of sp³-hybridized carbons (Fsp3) is 0.533. The molecule has 19 heavy (non-hydrogen) atoms. The normalized spacial score (nSPS) is 13.3. The third-order valence-electron chi connectivity index (χ3n) is 3.24. The molecule has 0 fully saturated rings. The zero-order chi connectivity index (χ0) is 13.8. The number of rotatable bonds is 6. The summed E-state index contributed by atoms with van der Waals surface area (Å²) in [6.07, 6.45) is 0.161. The molecule has 0 saturated carbocycles. The van der Waals surface area contributed by atoms with E-state index in [1.807, 2.05) is 4.68 Å². The van der Waals surface area contributed by atoms with Gasteiger partial charge in [0.05, 0.1) is 23.9 Å². The van der Waals surface area contributed by atoms with Gasteiger partial charge in [0, 0.05) is 25.1 Å². The lowest BCUT2D eigenvalue weighted by molar-refractivity contribution is 0.101. The Kier molecular flexibility index (Phi) is 4.56. The smallest absolute Gasteiger partial charge is 0.0841 e. The second kappa shape index (κ2) is 6.17. The number of hydrogen-bond donors (Lipinski definition) is 1. The van der Waals surface area contributed by atoms with Gasteiger partial charge in [0.2, 0.25) is 0 Å². The maximum atomic E-state index is 5.33. The molecule has 1 N–H and O–H groups in total. The first-order valence-corrected chi connectivity index (χ1v) is 6.82. The van der Waals surface area contributed by atoms with Crippen molar-refractivity contribution in [1.29, 1.82) is 0 Å². The maximum absolute atomic E-state index is 5.33. The van der Waals surface area contributed by atoms with Crippen LogP contribution in [-0.4, -0.2) is 29.0 Å². The maximum Gasteiger partial charge on any atom is 0.0841 e. The van der Waals surface area contributed by atoms with E-state index in [0.717, 1.165) is 18.8 Å². The minimum absolute atomic E-state index is 0.161. The molecule has 1 aromatic heterocycles. The first-order chi connectivity index (χ1) is 9.11. The van der Waals surface area contributed by atoms with Gasteiger partial charge in [-0.15, -0.1) is 0 Å². The molecule has 2 aromatic rings. The molecule has 1 unspecified atom stereocenters. The van der Waals surface area contributed by atoms with Gasteiger partial charge in [0.15, 0.2) is 0 Å². The zero-order valence-corrected chi connectivity index (χ0v) is 12.2. The van der Waals surface area contributed by atoms with Crippen LogP contribution in [-0.2, 0) is 17.8 Å². The Hall–Kier alpha value is -1.39. The molecule has 1 aromatic carbocycles. The van der Waals surface area contributed by atoms with E-state index in [9.17, 15) is 0 Å². The number of nitrogens with zero attached hydrogens (tertiary/aromatic N) is 2. The molecule has 0 aliphatic carbocycles. The summed E-state index contributed by atoms with van der Waals surface area (Å²) in [7, 11) is 1.73. The molecule has 0 aliphatic heterocycles. The van der Waals surface area contributed by atoms with Crippen molar-refractivity contribution in [2.45, 2.75) is 46.0 Å². The summed E-state index contributed by atoms with van der Waals surface area (Å²) in [5.41, 5.74) is 2.28. The van der Waals surface area contributed by atoms with Crippen LogP contribution in [0.3, 0.4) is 0 Å². The molecule has 2 rings (SSSR count). The third-order valence-corrected chi connectivity index (χ3v) is 3.24. The average molecular weight is 261 g/mol. The van der Waals surface area contributed by atoms with Crippen molar-refractivity contribution in [3.05, 3.63) is 30.0 Å². The van der Waals surface area contributed by atoms with Crippen LogP contribution in [0.4, 0.5) is 0 Å². The van der Waals surface area contributed by atoms with E-state index in [2.05, 4.69) is 50.4 Å². The van der Waals surface area contributed by atoms with Gasteiger partial charge >= 0.3 is 0 Å². The number of methoxy groups -OCH3 is 1. The van der Waals surface area contributed by atoms with Gasteiger partial charge in [-0.1, -0.05) is 32.0 Å². The predicted octanol–water partition coefficient (Wildman–Crippen LogP) is 2.57. The minimum atomic E-state index is 0.161. The highest BCUT2D eigenvalue weighted by molar-refractivity contribution is 5.81. The number of hydrogen-bond acceptors (Lipinski definition) is 3. The van der Waals surface area contributed by atoms with Crippen LogP contribution in [0.1, 0.15) is 26.5 Å². The van der Waals surface area contributed by atoms with Crippen LogP contribution in [0.15, 0.2) is 24.3 Å². The fourth-order valence-electron chi connectivity index (χ4n) is 2.08. The molecule has 4 heteroatoms. The Bertz CT molecular complexity index is 533. The SMILES string of the molecule is COC(C)Cn1nc(CNC(C)C)c2ccccc21. The molecule has 4 nitrogen and oxygen atoms in total. The number of benzene rings is 1. The zero-order valence-electron chi connectivity index (χ0n) is 12.2. The minimum Gasteiger partial charge on any atom is -0.380 e. The lowest BCUT2D eigenvalue weighted by Gasteiger charge is -2.10. The molecule has 1 heterocycles. The molecule has 0 bridgehead atoms. The Labute approximate surface area is 114 Å². The van der Waals surface area contributed by atoms with Crippen molar-refractivity contribution in [1.82, 2.24) is 15.1 Å². The van der Waals surface area contributed by atoms with Crippen LogP contribution in [0.2, 0.25) is 0 Å². The number of aromatic nitrogens is 2. The van der Waals surface area contributed by atoms with Crippen molar-refractivity contribution in [3.8, 4) is 0 Å². The number of para-hydroxylation sites is 1. The number of fused-ring (bicyclic) bond motifs is 1. The summed E-state index contributed by atoms with van der Waals surface area (Å²) in [5.74, 6) is 0. The molecule has 0 saturated heterocycles. The van der Waals surface area contributed by atoms with Crippen molar-refractivity contribution in [2.75, 3.05) is 7.11 Å². The van der Waals surface area contributed by atoms with E-state index in [4.69, 9.17) is 9.84 Å². The van der Waals surface area contributed by atoms with Gasteiger partial charge < -0.3 is 10.1 Å². The molecule has 0 radical (unpaired) electrons. The molecule has 0 aliphatic rings. The van der Waals surface area contributed by atoms with Gasteiger partial charge in [0.1, 0.15) is 0 Å². The Morgan fingerprint density at radius 3 is 2.68 bits per heavy atom. The predicted molar refractivity (Wildman–Crippen MR) is 78.2 cm³/mol. The van der Waals surface area contributed by atoms with Crippen molar-refractivity contribution >= 4 is 10.9 Å². The van der Waals surface area contributed by atoms with Crippen molar-refractivity contribution < 1.29 is 4.74 Å². The van der Waals surface area contributed by atoms with E-state index < -0.39 is 0 Å². The molecular formula is C15H23N3O. The van der Waals surface area contributed by atoms with E-state index in [1.165, 1.54) is 10.9 Å². The van der Waals surface area contributed by atoms with Gasteiger partial charge in [-0.2, -0.15) is 5.10 Å². The van der Waals surface area contributed by atoms with Crippen LogP contribution < -0.4 is 5.32 Å². The summed E-state index contributed by atoms with van der Waals surface area (Å²) in [4.78, 5) is 0. The Morgan fingerprint density at radius 2 is 2.00 bits per heavy atom. The summed E-state index contributed by atoms with van der Waals surface area (Å²) < 4.78 is 7.38. The molecule has 104 valence electrons. The third kappa shape index (κ3) is 3.33. The lowest BCUT2D eigenvalue weighted by atomic mass is 10.2. The number of ether oxygens (including phenoxy) is 1. The second-order valence-electron chi connectivity index (χ2n) is 5.23. The van der Waals surface area contributed by atoms with E-state index in [0.29, 0.717) is 6.04 Å². The number of nitrogens with one attached hydrogen (secondary N) is 1. The van der Waals surface area contributed by atoms with E-state index in [-0.39, 0.29) is 6.10 Å². The highest BCUT2D eigenvalue weighted by atomic mass is 16.5. The Morgan fingerprint density at radius 1 is 1.26 bits per heavy atom. The fourth-order valence-corrected chi connectivity index (χ4v) is 2.08. The first-order valence-electron chi connectivity index (χ1n) is 6.82. The van der Waals surface area contributed by atoms with Gasteiger partial charge in [0.25, 0.3) is 0 Å². The van der Waals surface area contributed by atoms with Crippen molar-refractivity contribution in [3.63, 3.8) is 0 Å². The molecule has 1 atom stereocenters. The topological polar surface area (TPSA) is 39.1 Å². The van der Waals surface area contributed by atoms with Crippen molar-refractivity contribution in [2.24, 2.45) is 0 Å². The van der Waals surface area contributed by atoms with Crippen LogP contribution in [0.5, 0.6) is 0 Å². The van der Waals surface area contributed by atoms with Gasteiger partial charge in [-0.3, -0.25) is 4.68 Å². The molecular weight excluding hydrogens is 238 g/mol. The molecule has 0 amide bonds. The highest BCUT2D eigenvalue weighted by Crippen LogP contribution is 2.19. The standard InChI is InChI=1S/C15H23N3O/c1-11(2)16-9-14-13-7-5-6-8-15(13)18(17-14)10-12(3)19-4/h5-8,11-12,16H,9-10H2,1-4H3. The summed E-state index contributed by atoms with van der Waals surface area (Å²) >= 11 is 0. The first kappa shape index (κ1) is 14.0. The highest BCUT2D eigenvalue weighted by Gasteiger charge is 2.12. The lowest BCUT2D eigenvalue weighted by Crippen LogP contribution is -2.22. The van der Waals surface area contributed by atoms with E-state index >= 15 is 0 Å². The Balaban J connectivity index is 2.31. The van der Waals surface area contributed by atoms with Crippen LogP contribution in [0.25, 0.3) is 10.9 Å². The summed E-state index contributed by atoms with van der Waals surface area (Å²) in [5, 5.41) is 9.37. The summed E-state index contributed by atoms with van der Waals surface area (Å²) in [6, 6.07) is 8.82. The van der Waals surface area contributed by atoms with Crippen LogP contribution in [0, 0.1) is 0 Å². The second-order valence-corrected chi connectivity index (χ2v) is 5.23. The molecule has 0 spiro atoms. The van der Waals surface area contributed by atoms with Gasteiger partial charge in [-0.25, -0.2) is 0 Å². The van der Waals surface area contributed by atoms with Crippen LogP contribution >= 0.6 is 0 Å². The largest absolute Gasteiger partial charge is 0.380 e. The monoisotopic (exact) mass is 261 g/mol. The quantitative estimate of drug-likeness (QED) is 0.868. The average Bonchev–Trinajstić information content (AvgIpc) is 2.75. The van der Waals surface area contributed by atoms with Gasteiger partial charge in [-0.05, 0) is 13.0 Å². The summed E-state index contributed by atoms with van der Waals surface area (Å²) in [6.45, 7) is 7.92.